The summed E-state index contributed by atoms with van der Waals surface area (Å²) in [6, 6.07) is 0. The van der Waals surface area contributed by atoms with Crippen LogP contribution in [0.15, 0.2) is 0 Å². The maximum absolute atomic E-state index is 10.3. The van der Waals surface area contributed by atoms with Gasteiger partial charge in [0.25, 0.3) is 0 Å². The Hall–Kier alpha value is 0.830. The molecule has 0 amide bonds. The van der Waals surface area contributed by atoms with Crippen molar-refractivity contribution in [1.29, 1.82) is 0 Å². The van der Waals surface area contributed by atoms with Crippen molar-refractivity contribution in [2.24, 2.45) is 0 Å². The summed E-state index contributed by atoms with van der Waals surface area (Å²) in [5, 5.41) is 0. The Morgan fingerprint density at radius 1 is 1.23 bits per heavy atom. The number of ether oxygens (including phenoxy) is 2. The zero-order valence-electron chi connectivity index (χ0n) is 8.15. The van der Waals surface area contributed by atoms with Gasteiger partial charge in [-0.2, -0.15) is 0 Å². The number of rotatable bonds is 6. The fraction of sp³-hybridized carbons (Fsp3) is 1.00. The molecule has 0 spiro atoms. The molecule has 74 valence electrons. The fourth-order valence-corrected chi connectivity index (χ4v) is 1.21. The Balaban J connectivity index is 0. The SMILES string of the molecule is CCOC(CS(=O)(=O)[O-])OCC.[Na+]. The van der Waals surface area contributed by atoms with E-state index < -0.39 is 22.2 Å². The van der Waals surface area contributed by atoms with E-state index in [-0.39, 0.29) is 29.6 Å². The van der Waals surface area contributed by atoms with E-state index in [1.165, 1.54) is 0 Å². The molecule has 0 aromatic heterocycles. The van der Waals surface area contributed by atoms with E-state index >= 15 is 0 Å². The summed E-state index contributed by atoms with van der Waals surface area (Å²) in [7, 11) is -4.27. The standard InChI is InChI=1S/C6H14O5S.Na/c1-3-10-6(11-4-2)5-12(7,8)9;/h6H,3-5H2,1-2H3,(H,7,8,9);/q;+1/p-1. The molecule has 0 aliphatic heterocycles. The minimum Gasteiger partial charge on any atom is -0.748 e. The number of hydrogen-bond donors (Lipinski definition) is 0. The molecule has 0 radical (unpaired) electrons. The van der Waals surface area contributed by atoms with E-state index in [9.17, 15) is 13.0 Å². The van der Waals surface area contributed by atoms with Gasteiger partial charge in [-0.05, 0) is 13.8 Å². The van der Waals surface area contributed by atoms with Gasteiger partial charge in [0.15, 0.2) is 6.29 Å². The molecule has 0 aliphatic rings. The minimum absolute atomic E-state index is 0. The van der Waals surface area contributed by atoms with Crippen LogP contribution < -0.4 is 29.6 Å². The van der Waals surface area contributed by atoms with Crippen LogP contribution in [0.25, 0.3) is 0 Å². The van der Waals surface area contributed by atoms with Crippen LogP contribution >= 0.6 is 0 Å². The van der Waals surface area contributed by atoms with Gasteiger partial charge in [0, 0.05) is 13.2 Å². The van der Waals surface area contributed by atoms with Crippen LogP contribution in [0, 0.1) is 0 Å². The van der Waals surface area contributed by atoms with Gasteiger partial charge in [-0.3, -0.25) is 0 Å². The zero-order valence-corrected chi connectivity index (χ0v) is 11.0. The van der Waals surface area contributed by atoms with Crippen LogP contribution in [-0.2, 0) is 19.6 Å². The van der Waals surface area contributed by atoms with Gasteiger partial charge in [0.1, 0.15) is 0 Å². The molecule has 13 heavy (non-hydrogen) atoms. The second-order valence-corrected chi connectivity index (χ2v) is 3.51. The van der Waals surface area contributed by atoms with Crippen LogP contribution in [0.3, 0.4) is 0 Å². The van der Waals surface area contributed by atoms with Gasteiger partial charge in [0.05, 0.1) is 15.9 Å². The van der Waals surface area contributed by atoms with E-state index in [4.69, 9.17) is 9.47 Å². The van der Waals surface area contributed by atoms with E-state index in [2.05, 4.69) is 0 Å². The van der Waals surface area contributed by atoms with Crippen LogP contribution in [0.1, 0.15) is 13.8 Å². The van der Waals surface area contributed by atoms with E-state index in [0.29, 0.717) is 13.2 Å². The van der Waals surface area contributed by atoms with E-state index in [0.717, 1.165) is 0 Å². The first kappa shape index (κ1) is 16.3. The van der Waals surface area contributed by atoms with Gasteiger partial charge in [-0.25, -0.2) is 8.42 Å². The monoisotopic (exact) mass is 220 g/mol. The van der Waals surface area contributed by atoms with Crippen molar-refractivity contribution < 1.29 is 52.0 Å². The summed E-state index contributed by atoms with van der Waals surface area (Å²) in [5.74, 6) is -0.630. The molecule has 0 aromatic carbocycles. The average Bonchev–Trinajstić information content (AvgIpc) is 1.84. The summed E-state index contributed by atoms with van der Waals surface area (Å²) in [6.07, 6.45) is -0.928. The topological polar surface area (TPSA) is 75.7 Å². The molecule has 0 heterocycles. The first-order valence-corrected chi connectivity index (χ1v) is 5.24. The first-order chi connectivity index (χ1) is 5.49. The molecule has 7 heteroatoms. The van der Waals surface area contributed by atoms with Crippen LogP contribution in [0.2, 0.25) is 0 Å². The second kappa shape index (κ2) is 8.16. The Kier molecular flexibility index (Phi) is 10.2. The molecule has 0 unspecified atom stereocenters. The molecule has 0 saturated carbocycles. The minimum atomic E-state index is -4.27. The van der Waals surface area contributed by atoms with Crippen molar-refractivity contribution in [2.45, 2.75) is 20.1 Å². The molecule has 0 N–H and O–H groups in total. The van der Waals surface area contributed by atoms with Crippen molar-refractivity contribution >= 4 is 10.1 Å². The maximum atomic E-state index is 10.3. The van der Waals surface area contributed by atoms with E-state index in [1.54, 1.807) is 13.8 Å². The Morgan fingerprint density at radius 3 is 1.85 bits per heavy atom. The Labute approximate surface area is 101 Å². The van der Waals surface area contributed by atoms with Crippen molar-refractivity contribution in [3.63, 3.8) is 0 Å². The van der Waals surface area contributed by atoms with Gasteiger partial charge < -0.3 is 14.0 Å². The molecule has 0 aliphatic carbocycles. The van der Waals surface area contributed by atoms with E-state index in [1.807, 2.05) is 0 Å². The Morgan fingerprint density at radius 2 is 1.62 bits per heavy atom. The predicted octanol–water partition coefficient (Wildman–Crippen LogP) is -3.07. The van der Waals surface area contributed by atoms with Crippen molar-refractivity contribution in [1.82, 2.24) is 0 Å². The smallest absolute Gasteiger partial charge is 0.748 e. The molecular weight excluding hydrogens is 207 g/mol. The largest absolute Gasteiger partial charge is 1.00 e. The molecular formula is C6H13NaO5S. The number of hydrogen-bond acceptors (Lipinski definition) is 5. The van der Waals surface area contributed by atoms with Crippen molar-refractivity contribution in [3.8, 4) is 0 Å². The third-order valence-corrected chi connectivity index (χ3v) is 1.73. The van der Waals surface area contributed by atoms with Gasteiger partial charge >= 0.3 is 29.6 Å². The van der Waals surface area contributed by atoms with Crippen molar-refractivity contribution in [2.75, 3.05) is 19.0 Å². The zero-order chi connectivity index (χ0) is 9.61. The molecule has 0 bridgehead atoms. The average molecular weight is 220 g/mol. The normalized spacial score (nSPS) is 11.4. The molecule has 5 nitrogen and oxygen atoms in total. The first-order valence-electron chi connectivity index (χ1n) is 3.66. The van der Waals surface area contributed by atoms with Crippen LogP contribution in [-0.4, -0.2) is 38.2 Å². The van der Waals surface area contributed by atoms with Crippen molar-refractivity contribution in [3.05, 3.63) is 0 Å². The molecule has 0 atom stereocenters. The molecule has 0 saturated heterocycles. The van der Waals surface area contributed by atoms with Gasteiger partial charge in [0.2, 0.25) is 0 Å². The third-order valence-electron chi connectivity index (χ3n) is 1.05. The summed E-state index contributed by atoms with van der Waals surface area (Å²) in [4.78, 5) is 0. The fourth-order valence-electron chi connectivity index (χ4n) is 0.683. The molecule has 0 fully saturated rings. The predicted molar refractivity (Wildman–Crippen MR) is 41.6 cm³/mol. The van der Waals surface area contributed by atoms with Gasteiger partial charge in [-0.15, -0.1) is 0 Å². The quantitative estimate of drug-likeness (QED) is 0.270. The Bertz CT molecular complexity index is 197. The summed E-state index contributed by atoms with van der Waals surface area (Å²) >= 11 is 0. The summed E-state index contributed by atoms with van der Waals surface area (Å²) in [5.41, 5.74) is 0. The van der Waals surface area contributed by atoms with Crippen LogP contribution in [0.4, 0.5) is 0 Å². The maximum Gasteiger partial charge on any atom is 1.00 e. The van der Waals surface area contributed by atoms with Gasteiger partial charge in [-0.1, -0.05) is 0 Å². The molecule has 0 aromatic rings. The second-order valence-electron chi connectivity index (χ2n) is 2.06. The summed E-state index contributed by atoms with van der Waals surface area (Å²) < 4.78 is 40.5. The third kappa shape index (κ3) is 10.8. The summed E-state index contributed by atoms with van der Waals surface area (Å²) in [6.45, 7) is 4.03. The molecule has 0 rings (SSSR count). The van der Waals surface area contributed by atoms with Crippen LogP contribution in [0.5, 0.6) is 0 Å².